The first kappa shape index (κ1) is 20.3. The van der Waals surface area contributed by atoms with Gasteiger partial charge in [-0.1, -0.05) is 33.1 Å². The number of likely N-dealkylation sites (tertiary alicyclic amines) is 2. The number of hydrogen-bond donors (Lipinski definition) is 2. The van der Waals surface area contributed by atoms with Crippen molar-refractivity contribution in [3.63, 3.8) is 0 Å². The van der Waals surface area contributed by atoms with Crippen molar-refractivity contribution >= 4 is 17.6 Å². The maximum absolute atomic E-state index is 13.0. The average molecular weight is 379 g/mol. The lowest BCUT2D eigenvalue weighted by molar-refractivity contribution is -0.137. The van der Waals surface area contributed by atoms with Gasteiger partial charge in [-0.3, -0.25) is 14.4 Å². The summed E-state index contributed by atoms with van der Waals surface area (Å²) in [7, 11) is 0. The van der Waals surface area contributed by atoms with Crippen LogP contribution < -0.4 is 11.5 Å². The first-order valence-electron chi connectivity index (χ1n) is 10.5. The number of fused-ring (bicyclic) bond motifs is 1. The molecule has 2 heterocycles. The number of rotatable bonds is 5. The summed E-state index contributed by atoms with van der Waals surface area (Å²) in [6, 6.07) is -1.91. The van der Waals surface area contributed by atoms with Crippen LogP contribution >= 0.6 is 0 Å². The minimum Gasteiger partial charge on any atom is -0.329 e. The molecule has 0 spiro atoms. The van der Waals surface area contributed by atoms with Gasteiger partial charge >= 0.3 is 0 Å². The standard InChI is InChI=1S/C20H34N4O3/c1-12(2)10-14(21)19(26)23-9-8-15-18(23)16(25)11-24(15)20(27)17(22)13-6-4-3-5-7-13/h12-15,17-18H,3-11,21-22H2,1-2H3. The highest BCUT2D eigenvalue weighted by atomic mass is 16.2. The summed E-state index contributed by atoms with van der Waals surface area (Å²) in [6.45, 7) is 4.59. The number of nitrogens with zero attached hydrogens (tertiary/aromatic N) is 2. The molecule has 3 fully saturated rings. The largest absolute Gasteiger partial charge is 0.329 e. The molecule has 2 aliphatic heterocycles. The number of amides is 2. The van der Waals surface area contributed by atoms with Crippen LogP contribution in [0, 0.1) is 11.8 Å². The van der Waals surface area contributed by atoms with Crippen LogP contribution in [0.3, 0.4) is 0 Å². The van der Waals surface area contributed by atoms with Crippen LogP contribution in [0.2, 0.25) is 0 Å². The predicted molar refractivity (Wildman–Crippen MR) is 103 cm³/mol. The Hall–Kier alpha value is -1.47. The Bertz CT molecular complexity index is 588. The summed E-state index contributed by atoms with van der Waals surface area (Å²) in [5.41, 5.74) is 12.4. The van der Waals surface area contributed by atoms with E-state index in [0.29, 0.717) is 25.3 Å². The zero-order chi connectivity index (χ0) is 19.7. The average Bonchev–Trinajstić information content (AvgIpc) is 3.21. The quantitative estimate of drug-likeness (QED) is 0.730. The van der Waals surface area contributed by atoms with Gasteiger partial charge < -0.3 is 21.3 Å². The topological polar surface area (TPSA) is 110 Å². The van der Waals surface area contributed by atoms with Crippen LogP contribution in [-0.2, 0) is 14.4 Å². The summed E-state index contributed by atoms with van der Waals surface area (Å²) in [5, 5.41) is 0. The second-order valence-corrected chi connectivity index (χ2v) is 8.92. The minimum absolute atomic E-state index is 0.0632. The van der Waals surface area contributed by atoms with Crippen molar-refractivity contribution in [2.45, 2.75) is 83.0 Å². The van der Waals surface area contributed by atoms with Crippen molar-refractivity contribution in [1.82, 2.24) is 9.80 Å². The molecule has 1 saturated carbocycles. The van der Waals surface area contributed by atoms with E-state index in [9.17, 15) is 14.4 Å². The van der Waals surface area contributed by atoms with Gasteiger partial charge in [0.15, 0.2) is 5.78 Å². The highest BCUT2D eigenvalue weighted by Gasteiger charge is 2.52. The molecule has 0 radical (unpaired) electrons. The van der Waals surface area contributed by atoms with Crippen LogP contribution in [0.1, 0.15) is 58.8 Å². The van der Waals surface area contributed by atoms with Crippen molar-refractivity contribution in [3.05, 3.63) is 0 Å². The summed E-state index contributed by atoms with van der Waals surface area (Å²) in [4.78, 5) is 41.7. The summed E-state index contributed by atoms with van der Waals surface area (Å²) in [6.07, 6.45) is 6.63. The van der Waals surface area contributed by atoms with Crippen LogP contribution in [0.15, 0.2) is 0 Å². The Morgan fingerprint density at radius 2 is 1.70 bits per heavy atom. The number of carbonyl (C=O) groups excluding carboxylic acids is 3. The fraction of sp³-hybridized carbons (Fsp3) is 0.850. The first-order chi connectivity index (χ1) is 12.8. The number of Topliss-reactive ketones (excluding diaryl/α,β-unsaturated/α-hetero) is 1. The second kappa shape index (κ2) is 8.27. The molecule has 4 N–H and O–H groups in total. The third-order valence-electron chi connectivity index (χ3n) is 6.47. The molecule has 2 amide bonds. The van der Waals surface area contributed by atoms with Crippen molar-refractivity contribution < 1.29 is 14.4 Å². The van der Waals surface area contributed by atoms with Gasteiger partial charge in [-0.05, 0) is 37.5 Å². The van der Waals surface area contributed by atoms with Gasteiger partial charge in [0.25, 0.3) is 0 Å². The molecular formula is C20H34N4O3. The monoisotopic (exact) mass is 378 g/mol. The van der Waals surface area contributed by atoms with Crippen LogP contribution in [0.25, 0.3) is 0 Å². The maximum atomic E-state index is 13.0. The van der Waals surface area contributed by atoms with E-state index < -0.39 is 18.1 Å². The smallest absolute Gasteiger partial charge is 0.240 e. The van der Waals surface area contributed by atoms with Gasteiger partial charge in [0.05, 0.1) is 24.7 Å². The van der Waals surface area contributed by atoms with E-state index in [1.807, 2.05) is 13.8 Å². The van der Waals surface area contributed by atoms with E-state index in [-0.39, 0.29) is 36.1 Å². The fourth-order valence-electron chi connectivity index (χ4n) is 5.07. The molecule has 3 aliphatic rings. The van der Waals surface area contributed by atoms with E-state index in [1.165, 1.54) is 6.42 Å². The molecule has 1 aliphatic carbocycles. The second-order valence-electron chi connectivity index (χ2n) is 8.92. The Morgan fingerprint density at radius 1 is 1.04 bits per heavy atom. The first-order valence-corrected chi connectivity index (χ1v) is 10.5. The number of nitrogens with two attached hydrogens (primary N) is 2. The van der Waals surface area contributed by atoms with Crippen molar-refractivity contribution in [3.8, 4) is 0 Å². The van der Waals surface area contributed by atoms with E-state index in [1.54, 1.807) is 9.80 Å². The van der Waals surface area contributed by atoms with Crippen molar-refractivity contribution in [1.29, 1.82) is 0 Å². The highest BCUT2D eigenvalue weighted by Crippen LogP contribution is 2.33. The van der Waals surface area contributed by atoms with Gasteiger partial charge in [-0.25, -0.2) is 0 Å². The minimum atomic E-state index is -0.592. The molecule has 152 valence electrons. The molecule has 4 unspecified atom stereocenters. The Labute approximate surface area is 161 Å². The molecule has 0 aromatic rings. The molecule has 2 saturated heterocycles. The molecule has 7 nitrogen and oxygen atoms in total. The third kappa shape index (κ3) is 4.04. The zero-order valence-electron chi connectivity index (χ0n) is 16.6. The van der Waals surface area contributed by atoms with E-state index >= 15 is 0 Å². The Balaban J connectivity index is 1.67. The molecule has 27 heavy (non-hydrogen) atoms. The van der Waals surface area contributed by atoms with E-state index in [0.717, 1.165) is 25.7 Å². The number of ketones is 1. The SMILES string of the molecule is CC(C)CC(N)C(=O)N1CCC2C1C(=O)CN2C(=O)C(N)C1CCCCC1. The Morgan fingerprint density at radius 3 is 2.33 bits per heavy atom. The molecule has 3 rings (SSSR count). The van der Waals surface area contributed by atoms with Crippen molar-refractivity contribution in [2.24, 2.45) is 23.3 Å². The lowest BCUT2D eigenvalue weighted by Gasteiger charge is -2.32. The third-order valence-corrected chi connectivity index (χ3v) is 6.47. The molecule has 7 heteroatoms. The lowest BCUT2D eigenvalue weighted by Crippen LogP contribution is -2.52. The summed E-state index contributed by atoms with van der Waals surface area (Å²) in [5.74, 6) is 0.165. The maximum Gasteiger partial charge on any atom is 0.240 e. The molecular weight excluding hydrogens is 344 g/mol. The lowest BCUT2D eigenvalue weighted by atomic mass is 9.83. The molecule has 4 atom stereocenters. The molecule has 0 aromatic heterocycles. The predicted octanol–water partition coefficient (Wildman–Crippen LogP) is 0.648. The molecule has 0 bridgehead atoms. The van der Waals surface area contributed by atoms with Crippen LogP contribution in [0.5, 0.6) is 0 Å². The van der Waals surface area contributed by atoms with Gasteiger partial charge in [0, 0.05) is 6.54 Å². The summed E-state index contributed by atoms with van der Waals surface area (Å²) < 4.78 is 0. The fourth-order valence-corrected chi connectivity index (χ4v) is 5.07. The van der Waals surface area contributed by atoms with Gasteiger partial charge in [-0.15, -0.1) is 0 Å². The normalized spacial score (nSPS) is 28.6. The summed E-state index contributed by atoms with van der Waals surface area (Å²) >= 11 is 0. The van der Waals surface area contributed by atoms with Gasteiger partial charge in [0.1, 0.15) is 6.04 Å². The van der Waals surface area contributed by atoms with Gasteiger partial charge in [-0.2, -0.15) is 0 Å². The number of hydrogen-bond acceptors (Lipinski definition) is 5. The van der Waals surface area contributed by atoms with Crippen molar-refractivity contribution in [2.75, 3.05) is 13.1 Å². The van der Waals surface area contributed by atoms with E-state index in [4.69, 9.17) is 11.5 Å². The van der Waals surface area contributed by atoms with E-state index in [2.05, 4.69) is 0 Å². The molecule has 0 aromatic carbocycles. The van der Waals surface area contributed by atoms with Gasteiger partial charge in [0.2, 0.25) is 11.8 Å². The number of carbonyl (C=O) groups is 3. The van der Waals surface area contributed by atoms with Crippen LogP contribution in [-0.4, -0.2) is 64.7 Å². The zero-order valence-corrected chi connectivity index (χ0v) is 16.6. The van der Waals surface area contributed by atoms with Crippen LogP contribution in [0.4, 0.5) is 0 Å². The highest BCUT2D eigenvalue weighted by molar-refractivity contribution is 5.99. The Kier molecular flexibility index (Phi) is 6.21.